The Morgan fingerprint density at radius 1 is 1.47 bits per heavy atom. The molecule has 5 heteroatoms. The highest BCUT2D eigenvalue weighted by molar-refractivity contribution is 6.05. The van der Waals surface area contributed by atoms with Crippen LogP contribution in [0.15, 0.2) is 0 Å². The van der Waals surface area contributed by atoms with Crippen LogP contribution in [0.3, 0.4) is 0 Å². The molecule has 0 radical (unpaired) electrons. The Morgan fingerprint density at radius 3 is 2.94 bits per heavy atom. The maximum atomic E-state index is 11.9. The largest absolute Gasteiger partial charge is 0.381 e. The maximum absolute atomic E-state index is 11.9. The van der Waals surface area contributed by atoms with Crippen LogP contribution in [0.1, 0.15) is 26.2 Å². The molecule has 2 rings (SSSR count). The SMILES string of the molecule is CCCN1C(=O)CC(NCC2CCOC2)C1=O. The van der Waals surface area contributed by atoms with Gasteiger partial charge in [0, 0.05) is 19.7 Å². The van der Waals surface area contributed by atoms with E-state index in [2.05, 4.69) is 5.32 Å². The third-order valence-electron chi connectivity index (χ3n) is 3.37. The zero-order chi connectivity index (χ0) is 12.3. The van der Waals surface area contributed by atoms with E-state index in [9.17, 15) is 9.59 Å². The van der Waals surface area contributed by atoms with E-state index in [1.807, 2.05) is 6.92 Å². The van der Waals surface area contributed by atoms with Crippen molar-refractivity contribution < 1.29 is 14.3 Å². The second kappa shape index (κ2) is 5.60. The first-order chi connectivity index (χ1) is 8.22. The molecule has 2 aliphatic heterocycles. The van der Waals surface area contributed by atoms with Crippen molar-refractivity contribution in [3.63, 3.8) is 0 Å². The summed E-state index contributed by atoms with van der Waals surface area (Å²) in [6.07, 6.45) is 2.17. The van der Waals surface area contributed by atoms with Crippen molar-refractivity contribution in [3.05, 3.63) is 0 Å². The van der Waals surface area contributed by atoms with Gasteiger partial charge < -0.3 is 10.1 Å². The number of rotatable bonds is 5. The number of likely N-dealkylation sites (tertiary alicyclic amines) is 1. The molecular weight excluding hydrogens is 220 g/mol. The fraction of sp³-hybridized carbons (Fsp3) is 0.833. The summed E-state index contributed by atoms with van der Waals surface area (Å²) < 4.78 is 5.28. The number of amides is 2. The Balaban J connectivity index is 1.81. The first-order valence-corrected chi connectivity index (χ1v) is 6.37. The van der Waals surface area contributed by atoms with E-state index in [0.29, 0.717) is 18.9 Å². The number of nitrogens with one attached hydrogen (secondary N) is 1. The van der Waals surface area contributed by atoms with E-state index in [-0.39, 0.29) is 17.9 Å². The van der Waals surface area contributed by atoms with Crippen molar-refractivity contribution in [1.82, 2.24) is 10.2 Å². The molecule has 0 aliphatic carbocycles. The second-order valence-electron chi connectivity index (χ2n) is 4.78. The highest BCUT2D eigenvalue weighted by atomic mass is 16.5. The van der Waals surface area contributed by atoms with Crippen molar-refractivity contribution >= 4 is 11.8 Å². The summed E-state index contributed by atoms with van der Waals surface area (Å²) in [4.78, 5) is 24.9. The molecule has 2 amide bonds. The highest BCUT2D eigenvalue weighted by Gasteiger charge is 2.37. The number of carbonyl (C=O) groups is 2. The third-order valence-corrected chi connectivity index (χ3v) is 3.37. The van der Waals surface area contributed by atoms with E-state index in [1.165, 1.54) is 4.90 Å². The Kier molecular flexibility index (Phi) is 4.12. The second-order valence-corrected chi connectivity index (χ2v) is 4.78. The van der Waals surface area contributed by atoms with Crippen molar-refractivity contribution in [2.45, 2.75) is 32.2 Å². The molecule has 2 saturated heterocycles. The molecule has 0 aromatic heterocycles. The lowest BCUT2D eigenvalue weighted by atomic mass is 10.1. The lowest BCUT2D eigenvalue weighted by molar-refractivity contribution is -0.138. The van der Waals surface area contributed by atoms with Gasteiger partial charge in [-0.2, -0.15) is 0 Å². The topological polar surface area (TPSA) is 58.6 Å². The van der Waals surface area contributed by atoms with Gasteiger partial charge in [0.1, 0.15) is 0 Å². The van der Waals surface area contributed by atoms with E-state index in [0.717, 1.165) is 32.6 Å². The Labute approximate surface area is 101 Å². The van der Waals surface area contributed by atoms with Gasteiger partial charge in [0.25, 0.3) is 0 Å². The van der Waals surface area contributed by atoms with Gasteiger partial charge in [-0.1, -0.05) is 6.92 Å². The smallest absolute Gasteiger partial charge is 0.246 e. The minimum atomic E-state index is -0.311. The van der Waals surface area contributed by atoms with Gasteiger partial charge in [-0.05, 0) is 18.8 Å². The summed E-state index contributed by atoms with van der Waals surface area (Å²) in [6.45, 7) is 4.86. The molecule has 5 nitrogen and oxygen atoms in total. The van der Waals surface area contributed by atoms with Crippen molar-refractivity contribution in [3.8, 4) is 0 Å². The molecule has 96 valence electrons. The molecule has 2 fully saturated rings. The van der Waals surface area contributed by atoms with Crippen LogP contribution in [0.2, 0.25) is 0 Å². The van der Waals surface area contributed by atoms with Gasteiger partial charge >= 0.3 is 0 Å². The molecular formula is C12H20N2O3. The number of carbonyl (C=O) groups excluding carboxylic acids is 2. The number of hydrogen-bond donors (Lipinski definition) is 1. The van der Waals surface area contributed by atoms with Crippen LogP contribution in [-0.2, 0) is 14.3 Å². The number of ether oxygens (including phenoxy) is 1. The van der Waals surface area contributed by atoms with E-state index >= 15 is 0 Å². The quantitative estimate of drug-likeness (QED) is 0.695. The van der Waals surface area contributed by atoms with Crippen LogP contribution in [0.4, 0.5) is 0 Å². The Morgan fingerprint density at radius 2 is 2.29 bits per heavy atom. The van der Waals surface area contributed by atoms with E-state index in [1.54, 1.807) is 0 Å². The summed E-state index contributed by atoms with van der Waals surface area (Å²) >= 11 is 0. The maximum Gasteiger partial charge on any atom is 0.246 e. The Bertz CT molecular complexity index is 300. The Hall–Kier alpha value is -0.940. The van der Waals surface area contributed by atoms with Gasteiger partial charge in [-0.3, -0.25) is 14.5 Å². The fourth-order valence-electron chi connectivity index (χ4n) is 2.35. The highest BCUT2D eigenvalue weighted by Crippen LogP contribution is 2.16. The standard InChI is InChI=1S/C12H20N2O3/c1-2-4-14-11(15)6-10(12(14)16)13-7-9-3-5-17-8-9/h9-10,13H,2-8H2,1H3. The van der Waals surface area contributed by atoms with Crippen LogP contribution in [0.25, 0.3) is 0 Å². The molecule has 2 atom stereocenters. The van der Waals surface area contributed by atoms with Gasteiger partial charge in [0.15, 0.2) is 0 Å². The normalized spacial score (nSPS) is 29.4. The van der Waals surface area contributed by atoms with Gasteiger partial charge in [0.2, 0.25) is 11.8 Å². The summed E-state index contributed by atoms with van der Waals surface area (Å²) in [5, 5.41) is 3.20. The first-order valence-electron chi connectivity index (χ1n) is 6.37. The predicted octanol–water partition coefficient (Wildman–Crippen LogP) is 0.150. The molecule has 0 spiro atoms. The minimum absolute atomic E-state index is 0.0444. The van der Waals surface area contributed by atoms with Crippen LogP contribution in [0.5, 0.6) is 0 Å². The molecule has 0 aromatic rings. The molecule has 2 unspecified atom stereocenters. The van der Waals surface area contributed by atoms with Crippen molar-refractivity contribution in [1.29, 1.82) is 0 Å². The lowest BCUT2D eigenvalue weighted by Gasteiger charge is -2.15. The summed E-state index contributed by atoms with van der Waals surface area (Å²) in [5.41, 5.74) is 0. The number of hydrogen-bond acceptors (Lipinski definition) is 4. The van der Waals surface area contributed by atoms with Crippen LogP contribution in [0, 0.1) is 5.92 Å². The zero-order valence-electron chi connectivity index (χ0n) is 10.3. The monoisotopic (exact) mass is 240 g/mol. The predicted molar refractivity (Wildman–Crippen MR) is 62.3 cm³/mol. The lowest BCUT2D eigenvalue weighted by Crippen LogP contribution is -2.41. The van der Waals surface area contributed by atoms with Gasteiger partial charge in [-0.25, -0.2) is 0 Å². The fourth-order valence-corrected chi connectivity index (χ4v) is 2.35. The average Bonchev–Trinajstić information content (AvgIpc) is 2.90. The summed E-state index contributed by atoms with van der Waals surface area (Å²) in [6, 6.07) is -0.311. The van der Waals surface area contributed by atoms with Crippen LogP contribution in [-0.4, -0.2) is 49.1 Å². The molecule has 2 aliphatic rings. The first kappa shape index (κ1) is 12.5. The molecule has 1 N–H and O–H groups in total. The van der Waals surface area contributed by atoms with Crippen molar-refractivity contribution in [2.75, 3.05) is 26.3 Å². The summed E-state index contributed by atoms with van der Waals surface area (Å²) in [7, 11) is 0. The molecule has 0 bridgehead atoms. The van der Waals surface area contributed by atoms with E-state index < -0.39 is 0 Å². The third kappa shape index (κ3) is 2.84. The van der Waals surface area contributed by atoms with Crippen molar-refractivity contribution in [2.24, 2.45) is 5.92 Å². The average molecular weight is 240 g/mol. The number of nitrogens with zero attached hydrogens (tertiary/aromatic N) is 1. The molecule has 0 saturated carbocycles. The summed E-state index contributed by atoms with van der Waals surface area (Å²) in [5.74, 6) is 0.380. The van der Waals surface area contributed by atoms with E-state index in [4.69, 9.17) is 4.74 Å². The van der Waals surface area contributed by atoms with Crippen LogP contribution < -0.4 is 5.32 Å². The molecule has 17 heavy (non-hydrogen) atoms. The van der Waals surface area contributed by atoms with Gasteiger partial charge in [-0.15, -0.1) is 0 Å². The van der Waals surface area contributed by atoms with Gasteiger partial charge in [0.05, 0.1) is 19.1 Å². The zero-order valence-corrected chi connectivity index (χ0v) is 10.3. The van der Waals surface area contributed by atoms with Crippen LogP contribution >= 0.6 is 0 Å². The minimum Gasteiger partial charge on any atom is -0.381 e. The molecule has 0 aromatic carbocycles. The number of imide groups is 1. The molecule has 2 heterocycles.